The summed E-state index contributed by atoms with van der Waals surface area (Å²) in [5.41, 5.74) is 0.650. The van der Waals surface area contributed by atoms with Gasteiger partial charge in [-0.1, -0.05) is 0 Å². The Balaban J connectivity index is 2.56. The fraction of sp³-hybridized carbons (Fsp3) is 0.111. The number of nitrogens with zero attached hydrogens (tertiary/aromatic N) is 1. The molecule has 0 aliphatic carbocycles. The number of methoxy groups -OCH3 is 1. The number of halogens is 1. The summed E-state index contributed by atoms with van der Waals surface area (Å²) < 4.78 is 22.2. The lowest BCUT2D eigenvalue weighted by Crippen LogP contribution is -2.00. The summed E-state index contributed by atoms with van der Waals surface area (Å²) in [5, 5.41) is 0. The Kier molecular flexibility index (Phi) is 1.92. The highest BCUT2D eigenvalue weighted by Gasteiger charge is 2.14. The van der Waals surface area contributed by atoms with Gasteiger partial charge in [-0.25, -0.2) is 14.2 Å². The molecule has 1 aromatic heterocycles. The summed E-state index contributed by atoms with van der Waals surface area (Å²) in [5.74, 6) is -1.28. The van der Waals surface area contributed by atoms with E-state index in [9.17, 15) is 9.18 Å². The molecule has 72 valence electrons. The zero-order valence-electron chi connectivity index (χ0n) is 7.28. The number of carbonyl (C=O) groups excluding carboxylic acids is 1. The highest BCUT2D eigenvalue weighted by atomic mass is 19.1. The summed E-state index contributed by atoms with van der Waals surface area (Å²) in [6.07, 6.45) is 0. The number of oxazole rings is 1. The highest BCUT2D eigenvalue weighted by molar-refractivity contribution is 5.87. The number of benzene rings is 1. The molecule has 0 amide bonds. The van der Waals surface area contributed by atoms with Gasteiger partial charge < -0.3 is 9.15 Å². The largest absolute Gasteiger partial charge is 0.462 e. The predicted octanol–water partition coefficient (Wildman–Crippen LogP) is 1.75. The Hall–Kier alpha value is -1.91. The number of carbonyl (C=O) groups is 1. The second-order valence-corrected chi connectivity index (χ2v) is 2.62. The number of fused-ring (bicyclic) bond motifs is 1. The van der Waals surface area contributed by atoms with Crippen molar-refractivity contribution in [3.8, 4) is 0 Å². The number of hydrogen-bond donors (Lipinski definition) is 0. The second kappa shape index (κ2) is 3.10. The zero-order valence-corrected chi connectivity index (χ0v) is 7.28. The van der Waals surface area contributed by atoms with Gasteiger partial charge in [-0.15, -0.1) is 0 Å². The van der Waals surface area contributed by atoms with E-state index in [2.05, 4.69) is 9.72 Å². The molecule has 0 atom stereocenters. The van der Waals surface area contributed by atoms with Crippen molar-refractivity contribution in [3.05, 3.63) is 29.9 Å². The van der Waals surface area contributed by atoms with Crippen LogP contribution in [-0.4, -0.2) is 18.1 Å². The molecule has 0 aliphatic heterocycles. The molecule has 0 fully saturated rings. The van der Waals surface area contributed by atoms with Gasteiger partial charge >= 0.3 is 11.9 Å². The van der Waals surface area contributed by atoms with Crippen molar-refractivity contribution < 1.29 is 18.3 Å². The molecule has 1 heterocycles. The summed E-state index contributed by atoms with van der Waals surface area (Å²) in [7, 11) is 1.22. The average Bonchev–Trinajstić information content (AvgIpc) is 2.59. The fourth-order valence-electron chi connectivity index (χ4n) is 1.08. The van der Waals surface area contributed by atoms with Gasteiger partial charge in [-0.05, 0) is 12.1 Å². The Morgan fingerprint density at radius 3 is 3.07 bits per heavy atom. The molecule has 0 aliphatic rings. The van der Waals surface area contributed by atoms with E-state index >= 15 is 0 Å². The van der Waals surface area contributed by atoms with Crippen molar-refractivity contribution in [3.63, 3.8) is 0 Å². The van der Waals surface area contributed by atoms with Crippen molar-refractivity contribution in [2.75, 3.05) is 7.11 Å². The smallest absolute Gasteiger partial charge is 0.394 e. The van der Waals surface area contributed by atoms with Crippen LogP contribution >= 0.6 is 0 Å². The molecule has 5 heteroatoms. The molecule has 2 aromatic rings. The van der Waals surface area contributed by atoms with Gasteiger partial charge in [0.05, 0.1) is 7.11 Å². The Bertz CT molecular complexity index is 492. The predicted molar refractivity (Wildman–Crippen MR) is 45.3 cm³/mol. The first kappa shape index (κ1) is 8.68. The third-order valence-corrected chi connectivity index (χ3v) is 1.71. The van der Waals surface area contributed by atoms with Crippen LogP contribution in [-0.2, 0) is 4.74 Å². The van der Waals surface area contributed by atoms with Crippen LogP contribution in [0.2, 0.25) is 0 Å². The molecule has 0 radical (unpaired) electrons. The maximum absolute atomic E-state index is 12.7. The van der Waals surface area contributed by atoms with E-state index < -0.39 is 11.8 Å². The minimum absolute atomic E-state index is 0.173. The monoisotopic (exact) mass is 195 g/mol. The van der Waals surface area contributed by atoms with Gasteiger partial charge in [0, 0.05) is 6.07 Å². The molecule has 14 heavy (non-hydrogen) atoms. The van der Waals surface area contributed by atoms with Gasteiger partial charge in [0.15, 0.2) is 5.58 Å². The molecule has 4 nitrogen and oxygen atoms in total. The highest BCUT2D eigenvalue weighted by Crippen LogP contribution is 2.16. The minimum Gasteiger partial charge on any atom is -0.462 e. The molecule has 0 saturated heterocycles. The number of hydrogen-bond acceptors (Lipinski definition) is 4. The van der Waals surface area contributed by atoms with Gasteiger partial charge in [0.25, 0.3) is 0 Å². The molecular weight excluding hydrogens is 189 g/mol. The van der Waals surface area contributed by atoms with Gasteiger partial charge in [0.1, 0.15) is 11.3 Å². The molecule has 0 spiro atoms. The first-order valence-corrected chi connectivity index (χ1v) is 3.85. The maximum Gasteiger partial charge on any atom is 0.394 e. The lowest BCUT2D eigenvalue weighted by atomic mass is 10.3. The fourth-order valence-corrected chi connectivity index (χ4v) is 1.08. The third kappa shape index (κ3) is 1.32. The van der Waals surface area contributed by atoms with E-state index in [1.54, 1.807) is 0 Å². The average molecular weight is 195 g/mol. The van der Waals surface area contributed by atoms with Crippen LogP contribution < -0.4 is 0 Å². The van der Waals surface area contributed by atoms with E-state index in [-0.39, 0.29) is 5.89 Å². The number of esters is 1. The summed E-state index contributed by atoms with van der Waals surface area (Å²) in [6.45, 7) is 0. The first-order valence-electron chi connectivity index (χ1n) is 3.85. The molecule has 0 unspecified atom stereocenters. The minimum atomic E-state index is -0.679. The van der Waals surface area contributed by atoms with Gasteiger partial charge in [-0.2, -0.15) is 0 Å². The maximum atomic E-state index is 12.7. The van der Waals surface area contributed by atoms with Crippen molar-refractivity contribution in [1.82, 2.24) is 4.98 Å². The van der Waals surface area contributed by atoms with Gasteiger partial charge in [0.2, 0.25) is 0 Å². The molecular formula is C9H6FNO3. The first-order chi connectivity index (χ1) is 6.70. The Morgan fingerprint density at radius 1 is 1.57 bits per heavy atom. The van der Waals surface area contributed by atoms with Crippen LogP contribution in [0.15, 0.2) is 22.6 Å². The standard InChI is InChI=1S/C9H6FNO3/c1-13-9(12)8-11-6-4-5(10)2-3-7(6)14-8/h2-4H,1H3. The quantitative estimate of drug-likeness (QED) is 0.650. The molecule has 0 N–H and O–H groups in total. The molecule has 1 aromatic carbocycles. The zero-order chi connectivity index (χ0) is 10.1. The van der Waals surface area contributed by atoms with Crippen molar-refractivity contribution in [1.29, 1.82) is 0 Å². The molecule has 0 saturated carbocycles. The molecule has 0 bridgehead atoms. The van der Waals surface area contributed by atoms with E-state index in [1.807, 2.05) is 0 Å². The Morgan fingerprint density at radius 2 is 2.36 bits per heavy atom. The topological polar surface area (TPSA) is 52.3 Å². The lowest BCUT2D eigenvalue weighted by molar-refractivity contribution is 0.0558. The van der Waals surface area contributed by atoms with Crippen LogP contribution in [0, 0.1) is 5.82 Å². The second-order valence-electron chi connectivity index (χ2n) is 2.62. The number of aromatic nitrogens is 1. The summed E-state index contributed by atoms with van der Waals surface area (Å²) in [6, 6.07) is 3.82. The van der Waals surface area contributed by atoms with Crippen LogP contribution in [0.1, 0.15) is 10.7 Å². The summed E-state index contributed by atoms with van der Waals surface area (Å²) in [4.78, 5) is 14.8. The van der Waals surface area contributed by atoms with E-state index in [1.165, 1.54) is 25.3 Å². The number of rotatable bonds is 1. The van der Waals surface area contributed by atoms with Crippen molar-refractivity contribution >= 4 is 17.1 Å². The molecule has 2 rings (SSSR count). The van der Waals surface area contributed by atoms with E-state index in [0.717, 1.165) is 0 Å². The SMILES string of the molecule is COC(=O)c1nc2cc(F)ccc2o1. The van der Waals surface area contributed by atoms with E-state index in [4.69, 9.17) is 4.42 Å². The normalized spacial score (nSPS) is 10.4. The van der Waals surface area contributed by atoms with Crippen molar-refractivity contribution in [2.45, 2.75) is 0 Å². The third-order valence-electron chi connectivity index (χ3n) is 1.71. The van der Waals surface area contributed by atoms with Crippen molar-refractivity contribution in [2.24, 2.45) is 0 Å². The lowest BCUT2D eigenvalue weighted by Gasteiger charge is -1.88. The van der Waals surface area contributed by atoms with Crippen LogP contribution in [0.4, 0.5) is 4.39 Å². The van der Waals surface area contributed by atoms with Crippen LogP contribution in [0.25, 0.3) is 11.1 Å². The van der Waals surface area contributed by atoms with Gasteiger partial charge in [-0.3, -0.25) is 0 Å². The summed E-state index contributed by atoms with van der Waals surface area (Å²) >= 11 is 0. The van der Waals surface area contributed by atoms with E-state index in [0.29, 0.717) is 11.1 Å². The van der Waals surface area contributed by atoms with Crippen LogP contribution in [0.5, 0.6) is 0 Å². The Labute approximate surface area is 78.3 Å². The number of ether oxygens (including phenoxy) is 1. The van der Waals surface area contributed by atoms with Crippen LogP contribution in [0.3, 0.4) is 0 Å².